The standard InChI is InChI=1S/C21H23ClFN5O3/c1-21(2,28-20(25)31-15(9-23)12-30-3)16-8-14(5-6-17(16)22)27-19(29)18-7-4-13(10-24)11-26-18/h4-8,11,15H,9,12H2,1-3H3,(H2,25,28)(H,27,29)/t15-/m1/s1. The number of alkyl halides is 1. The van der Waals surface area contributed by atoms with Crippen molar-refractivity contribution in [2.75, 3.05) is 25.7 Å². The second-order valence-electron chi connectivity index (χ2n) is 7.05. The molecular weight excluding hydrogens is 425 g/mol. The van der Waals surface area contributed by atoms with Crippen LogP contribution in [-0.4, -0.2) is 43.4 Å². The van der Waals surface area contributed by atoms with E-state index in [1.54, 1.807) is 32.0 Å². The molecule has 2 aromatic rings. The number of nitrogens with one attached hydrogen (secondary N) is 1. The maximum atomic E-state index is 13.0. The van der Waals surface area contributed by atoms with Gasteiger partial charge in [0.25, 0.3) is 11.9 Å². The van der Waals surface area contributed by atoms with Crippen LogP contribution in [0.4, 0.5) is 10.1 Å². The van der Waals surface area contributed by atoms with E-state index in [4.69, 9.17) is 32.1 Å². The number of carbonyl (C=O) groups is 1. The minimum Gasteiger partial charge on any atom is -0.457 e. The molecule has 0 aliphatic heterocycles. The number of hydrogen-bond acceptors (Lipinski definition) is 6. The number of nitriles is 1. The van der Waals surface area contributed by atoms with Gasteiger partial charge in [-0.05, 0) is 49.7 Å². The summed E-state index contributed by atoms with van der Waals surface area (Å²) in [5.41, 5.74) is 6.42. The van der Waals surface area contributed by atoms with Crippen LogP contribution in [0.2, 0.25) is 5.02 Å². The normalized spacial score (nSPS) is 12.7. The van der Waals surface area contributed by atoms with Gasteiger partial charge >= 0.3 is 0 Å². The number of aromatic nitrogens is 1. The van der Waals surface area contributed by atoms with Crippen molar-refractivity contribution in [1.82, 2.24) is 4.98 Å². The van der Waals surface area contributed by atoms with Crippen LogP contribution < -0.4 is 11.1 Å². The minimum absolute atomic E-state index is 0.0266. The average Bonchev–Trinajstić information content (AvgIpc) is 2.74. The maximum Gasteiger partial charge on any atom is 0.283 e. The lowest BCUT2D eigenvalue weighted by Crippen LogP contribution is -2.32. The third kappa shape index (κ3) is 6.64. The highest BCUT2D eigenvalue weighted by molar-refractivity contribution is 6.31. The number of nitrogens with two attached hydrogens (primary N) is 1. The van der Waals surface area contributed by atoms with E-state index in [0.29, 0.717) is 21.8 Å². The Morgan fingerprint density at radius 3 is 2.74 bits per heavy atom. The van der Waals surface area contributed by atoms with Gasteiger partial charge in [0.2, 0.25) is 0 Å². The number of anilines is 1. The molecule has 1 heterocycles. The van der Waals surface area contributed by atoms with Gasteiger partial charge < -0.3 is 20.5 Å². The highest BCUT2D eigenvalue weighted by Gasteiger charge is 2.25. The molecule has 8 nitrogen and oxygen atoms in total. The highest BCUT2D eigenvalue weighted by Crippen LogP contribution is 2.33. The second-order valence-corrected chi connectivity index (χ2v) is 7.46. The van der Waals surface area contributed by atoms with Crippen molar-refractivity contribution in [3.63, 3.8) is 0 Å². The van der Waals surface area contributed by atoms with Crippen molar-refractivity contribution in [2.24, 2.45) is 10.7 Å². The van der Waals surface area contributed by atoms with E-state index in [1.165, 1.54) is 25.4 Å². The topological polar surface area (TPSA) is 123 Å². The fraction of sp³-hybridized carbons (Fsp3) is 0.333. The van der Waals surface area contributed by atoms with Crippen molar-refractivity contribution >= 4 is 29.2 Å². The van der Waals surface area contributed by atoms with Gasteiger partial charge in [0.15, 0.2) is 6.10 Å². The number of methoxy groups -OCH3 is 1. The first kappa shape index (κ1) is 24.1. The van der Waals surface area contributed by atoms with Crippen molar-refractivity contribution in [2.45, 2.75) is 25.5 Å². The Balaban J connectivity index is 2.22. The minimum atomic E-state index is -0.942. The number of amidine groups is 1. The molecule has 3 N–H and O–H groups in total. The summed E-state index contributed by atoms with van der Waals surface area (Å²) in [5, 5.41) is 12.0. The van der Waals surface area contributed by atoms with Crippen LogP contribution in [0.15, 0.2) is 41.5 Å². The number of nitrogens with zero attached hydrogens (tertiary/aromatic N) is 3. The summed E-state index contributed by atoms with van der Waals surface area (Å²) in [4.78, 5) is 20.7. The first-order valence-corrected chi connectivity index (χ1v) is 9.62. The summed E-state index contributed by atoms with van der Waals surface area (Å²) in [6.07, 6.45) is 0.447. The van der Waals surface area contributed by atoms with Gasteiger partial charge in [-0.3, -0.25) is 4.79 Å². The maximum absolute atomic E-state index is 13.0. The molecule has 0 unspecified atom stereocenters. The molecule has 0 aliphatic carbocycles. The predicted octanol–water partition coefficient (Wildman–Crippen LogP) is 3.41. The van der Waals surface area contributed by atoms with E-state index in [1.807, 2.05) is 6.07 Å². The van der Waals surface area contributed by atoms with Gasteiger partial charge in [-0.1, -0.05) is 11.6 Å². The number of benzene rings is 1. The van der Waals surface area contributed by atoms with Gasteiger partial charge in [-0.2, -0.15) is 5.26 Å². The Morgan fingerprint density at radius 1 is 1.42 bits per heavy atom. The number of aliphatic imine (C=N–C) groups is 1. The molecule has 10 heteroatoms. The molecule has 1 amide bonds. The molecule has 0 radical (unpaired) electrons. The molecule has 31 heavy (non-hydrogen) atoms. The Kier molecular flexibility index (Phi) is 8.30. The molecule has 1 aromatic heterocycles. The summed E-state index contributed by atoms with van der Waals surface area (Å²) in [7, 11) is 1.43. The second kappa shape index (κ2) is 10.7. The fourth-order valence-electron chi connectivity index (χ4n) is 2.69. The number of hydrogen-bond donors (Lipinski definition) is 2. The van der Waals surface area contributed by atoms with E-state index in [9.17, 15) is 9.18 Å². The zero-order chi connectivity index (χ0) is 23.0. The van der Waals surface area contributed by atoms with E-state index in [-0.39, 0.29) is 18.3 Å². The molecule has 0 saturated carbocycles. The molecule has 164 valence electrons. The molecule has 0 saturated heterocycles. The average molecular weight is 448 g/mol. The highest BCUT2D eigenvalue weighted by atomic mass is 35.5. The molecule has 0 fully saturated rings. The third-order valence-corrected chi connectivity index (χ3v) is 4.54. The van der Waals surface area contributed by atoms with Gasteiger partial charge in [0.05, 0.1) is 17.7 Å². The lowest BCUT2D eigenvalue weighted by molar-refractivity contribution is 0.0548. The fourth-order valence-corrected chi connectivity index (χ4v) is 3.04. The summed E-state index contributed by atoms with van der Waals surface area (Å²) >= 11 is 6.35. The molecular formula is C21H23ClFN5O3. The van der Waals surface area contributed by atoms with Crippen LogP contribution in [0.3, 0.4) is 0 Å². The van der Waals surface area contributed by atoms with Crippen molar-refractivity contribution < 1.29 is 18.7 Å². The van der Waals surface area contributed by atoms with Crippen LogP contribution in [-0.2, 0) is 15.0 Å². The molecule has 0 bridgehead atoms. The van der Waals surface area contributed by atoms with E-state index in [2.05, 4.69) is 15.3 Å². The van der Waals surface area contributed by atoms with E-state index in [0.717, 1.165) is 0 Å². The van der Waals surface area contributed by atoms with Crippen LogP contribution in [0, 0.1) is 11.3 Å². The first-order valence-electron chi connectivity index (χ1n) is 9.24. The Labute approximate surface area is 184 Å². The molecule has 0 spiro atoms. The van der Waals surface area contributed by atoms with Crippen molar-refractivity contribution in [3.05, 3.63) is 58.4 Å². The molecule has 0 aliphatic rings. The van der Waals surface area contributed by atoms with Crippen LogP contribution in [0.25, 0.3) is 0 Å². The van der Waals surface area contributed by atoms with E-state index >= 15 is 0 Å². The van der Waals surface area contributed by atoms with E-state index < -0.39 is 24.2 Å². The monoisotopic (exact) mass is 447 g/mol. The Hall–Kier alpha value is -3.22. The molecule has 1 atom stereocenters. The lowest BCUT2D eigenvalue weighted by atomic mass is 9.94. The smallest absolute Gasteiger partial charge is 0.283 e. The summed E-state index contributed by atoms with van der Waals surface area (Å²) in [6.45, 7) is 2.74. The van der Waals surface area contributed by atoms with Crippen LogP contribution in [0.1, 0.15) is 35.5 Å². The van der Waals surface area contributed by atoms with Gasteiger partial charge in [-0.25, -0.2) is 14.4 Å². The zero-order valence-corrected chi connectivity index (χ0v) is 18.1. The lowest BCUT2D eigenvalue weighted by Gasteiger charge is -2.24. The summed E-state index contributed by atoms with van der Waals surface area (Å²) in [5.74, 6) is -0.452. The van der Waals surface area contributed by atoms with Crippen molar-refractivity contribution in [3.8, 4) is 6.07 Å². The first-order chi connectivity index (χ1) is 14.7. The molecule has 1 aromatic carbocycles. The largest absolute Gasteiger partial charge is 0.457 e. The van der Waals surface area contributed by atoms with Gasteiger partial charge in [0, 0.05) is 24.0 Å². The Morgan fingerprint density at radius 2 is 2.16 bits per heavy atom. The van der Waals surface area contributed by atoms with Crippen molar-refractivity contribution in [1.29, 1.82) is 5.26 Å². The number of amides is 1. The predicted molar refractivity (Wildman–Crippen MR) is 116 cm³/mol. The third-order valence-electron chi connectivity index (χ3n) is 4.21. The number of carbonyl (C=O) groups excluding carboxylic acids is 1. The number of ether oxygens (including phenoxy) is 2. The van der Waals surface area contributed by atoms with Crippen LogP contribution in [0.5, 0.6) is 0 Å². The summed E-state index contributed by atoms with van der Waals surface area (Å²) in [6, 6.07) is 9.59. The number of pyridine rings is 1. The Bertz CT molecular complexity index is 989. The number of rotatable bonds is 8. The quantitative estimate of drug-likeness (QED) is 0.472. The molecule has 2 rings (SSSR count). The SMILES string of the molecule is COC[C@@H](CF)O/C(N)=N\C(C)(C)c1cc(NC(=O)c2ccc(C#N)cn2)ccc1Cl. The number of halogens is 2. The zero-order valence-electron chi connectivity index (χ0n) is 17.4. The van der Waals surface area contributed by atoms with Crippen LogP contribution >= 0.6 is 11.6 Å². The summed E-state index contributed by atoms with van der Waals surface area (Å²) < 4.78 is 23.2. The van der Waals surface area contributed by atoms with Gasteiger partial charge in [0.1, 0.15) is 18.4 Å². The van der Waals surface area contributed by atoms with Gasteiger partial charge in [-0.15, -0.1) is 0 Å².